The van der Waals surface area contributed by atoms with Gasteiger partial charge < -0.3 is 9.73 Å². The molecule has 0 saturated carbocycles. The van der Waals surface area contributed by atoms with Crippen molar-refractivity contribution in [1.29, 1.82) is 0 Å². The van der Waals surface area contributed by atoms with E-state index in [-0.39, 0.29) is 11.6 Å². The molecular weight excluding hydrogens is 366 g/mol. The third kappa shape index (κ3) is 3.02. The van der Waals surface area contributed by atoms with Gasteiger partial charge >= 0.3 is 0 Å². The molecule has 0 aliphatic carbocycles. The summed E-state index contributed by atoms with van der Waals surface area (Å²) in [5.41, 5.74) is 0.571. The van der Waals surface area contributed by atoms with Crippen LogP contribution in [0.5, 0.6) is 0 Å². The molecule has 3 aromatic heterocycles. The zero-order valence-corrected chi connectivity index (χ0v) is 15.1. The number of rotatable bonds is 4. The Hall–Kier alpha value is -3.55. The average molecular weight is 382 g/mol. The van der Waals surface area contributed by atoms with E-state index in [1.165, 1.54) is 24.6 Å². The van der Waals surface area contributed by atoms with Gasteiger partial charge in [-0.3, -0.25) is 4.79 Å². The predicted octanol–water partition coefficient (Wildman–Crippen LogP) is 4.80. The molecule has 1 N–H and O–H groups in total. The molecule has 0 fully saturated rings. The van der Waals surface area contributed by atoms with E-state index in [2.05, 4.69) is 15.4 Å². The Labute approximate surface area is 158 Å². The molecular formula is C20H16F2N4O2. The second-order valence-electron chi connectivity index (χ2n) is 6.50. The van der Waals surface area contributed by atoms with Crippen molar-refractivity contribution in [3.8, 4) is 11.5 Å². The van der Waals surface area contributed by atoms with Crippen molar-refractivity contribution in [2.75, 3.05) is 5.32 Å². The van der Waals surface area contributed by atoms with Crippen LogP contribution in [-0.4, -0.2) is 20.7 Å². The van der Waals surface area contributed by atoms with Crippen LogP contribution in [-0.2, 0) is 0 Å². The van der Waals surface area contributed by atoms with E-state index in [4.69, 9.17) is 4.42 Å². The van der Waals surface area contributed by atoms with Crippen molar-refractivity contribution in [3.63, 3.8) is 0 Å². The molecule has 0 aliphatic rings. The van der Waals surface area contributed by atoms with Gasteiger partial charge in [-0.05, 0) is 44.2 Å². The lowest BCUT2D eigenvalue weighted by atomic mass is 10.1. The number of amides is 1. The average Bonchev–Trinajstić information content (AvgIpc) is 3.33. The Bertz CT molecular complexity index is 1150. The van der Waals surface area contributed by atoms with E-state index in [0.717, 1.165) is 12.1 Å². The molecule has 4 aromatic rings. The topological polar surface area (TPSA) is 73.0 Å². The molecule has 0 saturated heterocycles. The normalized spacial score (nSPS) is 11.3. The number of aromatic nitrogens is 3. The van der Waals surface area contributed by atoms with E-state index < -0.39 is 23.2 Å². The van der Waals surface area contributed by atoms with Crippen molar-refractivity contribution < 1.29 is 18.0 Å². The van der Waals surface area contributed by atoms with Gasteiger partial charge in [0.2, 0.25) is 0 Å². The molecule has 0 bridgehead atoms. The molecule has 4 rings (SSSR count). The van der Waals surface area contributed by atoms with Gasteiger partial charge in [0.25, 0.3) is 5.91 Å². The first-order chi connectivity index (χ1) is 13.5. The summed E-state index contributed by atoms with van der Waals surface area (Å²) < 4.78 is 35.0. The summed E-state index contributed by atoms with van der Waals surface area (Å²) in [6.45, 7) is 3.87. The van der Waals surface area contributed by atoms with Crippen LogP contribution >= 0.6 is 0 Å². The summed E-state index contributed by atoms with van der Waals surface area (Å²) in [7, 11) is 0. The van der Waals surface area contributed by atoms with Gasteiger partial charge in [-0.2, -0.15) is 5.10 Å². The number of benzene rings is 1. The molecule has 3 heterocycles. The summed E-state index contributed by atoms with van der Waals surface area (Å²) in [5.74, 6) is -1.93. The van der Waals surface area contributed by atoms with E-state index in [1.54, 1.807) is 16.8 Å². The molecule has 0 radical (unpaired) electrons. The van der Waals surface area contributed by atoms with Gasteiger partial charge in [-0.15, -0.1) is 0 Å². The molecule has 6 nitrogen and oxygen atoms in total. The Balaban J connectivity index is 1.86. The third-order valence-corrected chi connectivity index (χ3v) is 4.28. The second kappa shape index (κ2) is 6.88. The number of anilines is 1. The highest BCUT2D eigenvalue weighted by Gasteiger charge is 2.21. The number of nitrogens with zero attached hydrogens (tertiary/aromatic N) is 3. The van der Waals surface area contributed by atoms with E-state index in [0.29, 0.717) is 22.5 Å². The van der Waals surface area contributed by atoms with Gasteiger partial charge in [-0.1, -0.05) is 6.07 Å². The standard InChI is InChI=1S/C20H16F2N4O2/c1-11(2)26-19-13(10-23-26)12(9-16(24-19)17-7-4-8-28-17)20(27)25-18-14(21)5-3-6-15(18)22/h3-11H,1-2H3,(H,25,27). The minimum absolute atomic E-state index is 0.00299. The molecule has 28 heavy (non-hydrogen) atoms. The van der Waals surface area contributed by atoms with Gasteiger partial charge in [-0.25, -0.2) is 18.4 Å². The number of para-hydroxylation sites is 1. The number of furan rings is 1. The number of hydrogen-bond donors (Lipinski definition) is 1. The smallest absolute Gasteiger partial charge is 0.256 e. The highest BCUT2D eigenvalue weighted by molar-refractivity contribution is 6.12. The number of fused-ring (bicyclic) bond motifs is 1. The lowest BCUT2D eigenvalue weighted by Gasteiger charge is -2.11. The SMILES string of the molecule is CC(C)n1ncc2c(C(=O)Nc3c(F)cccc3F)cc(-c3ccco3)nc21. The minimum Gasteiger partial charge on any atom is -0.463 e. The highest BCUT2D eigenvalue weighted by atomic mass is 19.1. The second-order valence-corrected chi connectivity index (χ2v) is 6.50. The number of pyridine rings is 1. The van der Waals surface area contributed by atoms with Gasteiger partial charge in [0, 0.05) is 6.04 Å². The van der Waals surface area contributed by atoms with E-state index in [1.807, 2.05) is 13.8 Å². The fourth-order valence-corrected chi connectivity index (χ4v) is 2.93. The van der Waals surface area contributed by atoms with Crippen molar-refractivity contribution in [1.82, 2.24) is 14.8 Å². The first kappa shape index (κ1) is 17.8. The molecule has 1 amide bonds. The van der Waals surface area contributed by atoms with Crippen molar-refractivity contribution in [3.05, 3.63) is 66.1 Å². The molecule has 1 aromatic carbocycles. The lowest BCUT2D eigenvalue weighted by Crippen LogP contribution is -2.15. The third-order valence-electron chi connectivity index (χ3n) is 4.28. The number of nitrogens with one attached hydrogen (secondary N) is 1. The number of hydrogen-bond acceptors (Lipinski definition) is 4. The van der Waals surface area contributed by atoms with E-state index in [9.17, 15) is 13.6 Å². The Morgan fingerprint density at radius 1 is 1.18 bits per heavy atom. The lowest BCUT2D eigenvalue weighted by molar-refractivity contribution is 0.102. The fourth-order valence-electron chi connectivity index (χ4n) is 2.93. The number of carbonyl (C=O) groups is 1. The van der Waals surface area contributed by atoms with E-state index >= 15 is 0 Å². The van der Waals surface area contributed by atoms with Crippen LogP contribution in [0.25, 0.3) is 22.5 Å². The molecule has 0 aliphatic heterocycles. The number of carbonyl (C=O) groups excluding carboxylic acids is 1. The van der Waals surface area contributed by atoms with Crippen LogP contribution in [0.3, 0.4) is 0 Å². The predicted molar refractivity (Wildman–Crippen MR) is 99.9 cm³/mol. The first-order valence-corrected chi connectivity index (χ1v) is 8.63. The van der Waals surface area contributed by atoms with Gasteiger partial charge in [0.1, 0.15) is 23.0 Å². The largest absolute Gasteiger partial charge is 0.463 e. The zero-order valence-electron chi connectivity index (χ0n) is 15.1. The van der Waals surface area contributed by atoms with Gasteiger partial charge in [0.15, 0.2) is 11.4 Å². The summed E-state index contributed by atoms with van der Waals surface area (Å²) in [6, 6.07) is 8.31. The van der Waals surface area contributed by atoms with Crippen molar-refractivity contribution in [2.45, 2.75) is 19.9 Å². The molecule has 0 spiro atoms. The monoisotopic (exact) mass is 382 g/mol. The van der Waals surface area contributed by atoms with Crippen LogP contribution in [0, 0.1) is 11.6 Å². The summed E-state index contributed by atoms with van der Waals surface area (Å²) in [6.07, 6.45) is 3.01. The first-order valence-electron chi connectivity index (χ1n) is 8.63. The maximum absolute atomic E-state index is 14.0. The van der Waals surface area contributed by atoms with Gasteiger partial charge in [0.05, 0.1) is 23.4 Å². The van der Waals surface area contributed by atoms with Crippen molar-refractivity contribution >= 4 is 22.6 Å². The fraction of sp³-hybridized carbons (Fsp3) is 0.150. The van der Waals surface area contributed by atoms with Crippen LogP contribution in [0.4, 0.5) is 14.5 Å². The quantitative estimate of drug-likeness (QED) is 0.550. The summed E-state index contributed by atoms with van der Waals surface area (Å²) >= 11 is 0. The Kier molecular flexibility index (Phi) is 4.38. The summed E-state index contributed by atoms with van der Waals surface area (Å²) in [4.78, 5) is 17.5. The Morgan fingerprint density at radius 3 is 2.57 bits per heavy atom. The van der Waals surface area contributed by atoms with Crippen LogP contribution in [0.1, 0.15) is 30.2 Å². The maximum Gasteiger partial charge on any atom is 0.256 e. The summed E-state index contributed by atoms with van der Waals surface area (Å²) in [5, 5.41) is 7.08. The molecule has 142 valence electrons. The number of halogens is 2. The van der Waals surface area contributed by atoms with Crippen molar-refractivity contribution in [2.24, 2.45) is 0 Å². The van der Waals surface area contributed by atoms with Crippen LogP contribution in [0.2, 0.25) is 0 Å². The highest BCUT2D eigenvalue weighted by Crippen LogP contribution is 2.28. The molecule has 0 atom stereocenters. The molecule has 0 unspecified atom stereocenters. The molecule has 8 heteroatoms. The maximum atomic E-state index is 14.0. The Morgan fingerprint density at radius 2 is 1.93 bits per heavy atom. The zero-order chi connectivity index (χ0) is 19.8. The van der Waals surface area contributed by atoms with Crippen LogP contribution < -0.4 is 5.32 Å². The van der Waals surface area contributed by atoms with Crippen LogP contribution in [0.15, 0.2) is 53.3 Å². The minimum atomic E-state index is -0.859.